The van der Waals surface area contributed by atoms with Gasteiger partial charge in [-0.05, 0) is 59.0 Å². The highest BCUT2D eigenvalue weighted by molar-refractivity contribution is 6.14. The standard InChI is InChI=1S/C45H25N5/c1-48-39-19-10-18-36-37-26-29(27-46)24-25-44(37)50(45(36)39)43-23-11-17-32(38(43)28-47)30-12-2-3-13-31(30)33-14-4-7-20-40(33)49-41-21-8-5-15-34(41)35-16-6-9-22-42(35)49/h2-26H. The molecule has 0 fully saturated rings. The summed E-state index contributed by atoms with van der Waals surface area (Å²) in [6.45, 7) is 8.01. The fraction of sp³-hybridized carbons (Fsp3) is 0. The van der Waals surface area contributed by atoms with Crippen LogP contribution in [0.25, 0.3) is 82.1 Å². The zero-order valence-electron chi connectivity index (χ0n) is 26.7. The van der Waals surface area contributed by atoms with Gasteiger partial charge < -0.3 is 9.13 Å². The minimum absolute atomic E-state index is 0.479. The lowest BCUT2D eigenvalue weighted by molar-refractivity contribution is 1.17. The summed E-state index contributed by atoms with van der Waals surface area (Å²) in [5.74, 6) is 0. The fourth-order valence-corrected chi connectivity index (χ4v) is 7.56. The summed E-state index contributed by atoms with van der Waals surface area (Å²) in [6.07, 6.45) is 0. The molecule has 9 rings (SSSR count). The Hall–Kier alpha value is -7.39. The molecule has 7 aromatic carbocycles. The Morgan fingerprint density at radius 1 is 0.460 bits per heavy atom. The maximum Gasteiger partial charge on any atom is 0.211 e. The molecule has 0 spiro atoms. The van der Waals surface area contributed by atoms with Gasteiger partial charge in [-0.1, -0.05) is 109 Å². The second-order valence-electron chi connectivity index (χ2n) is 12.2. The highest BCUT2D eigenvalue weighted by Crippen LogP contribution is 2.43. The molecular weight excluding hydrogens is 611 g/mol. The Labute approximate surface area is 288 Å². The van der Waals surface area contributed by atoms with Gasteiger partial charge in [0.2, 0.25) is 5.69 Å². The zero-order valence-corrected chi connectivity index (χ0v) is 26.7. The third-order valence-electron chi connectivity index (χ3n) is 9.64. The third kappa shape index (κ3) is 4.17. The van der Waals surface area contributed by atoms with E-state index in [2.05, 4.69) is 106 Å². The molecule has 9 aromatic rings. The monoisotopic (exact) mass is 635 g/mol. The summed E-state index contributed by atoms with van der Waals surface area (Å²) < 4.78 is 4.34. The maximum absolute atomic E-state index is 10.9. The molecule has 0 atom stereocenters. The van der Waals surface area contributed by atoms with Crippen molar-refractivity contribution in [1.29, 1.82) is 10.5 Å². The van der Waals surface area contributed by atoms with Gasteiger partial charge in [0, 0.05) is 27.3 Å². The smallest absolute Gasteiger partial charge is 0.211 e. The summed E-state index contributed by atoms with van der Waals surface area (Å²) in [7, 11) is 0. The van der Waals surface area contributed by atoms with Crippen molar-refractivity contribution in [2.24, 2.45) is 0 Å². The average molecular weight is 636 g/mol. The van der Waals surface area contributed by atoms with Crippen LogP contribution in [0.4, 0.5) is 5.69 Å². The third-order valence-corrected chi connectivity index (χ3v) is 9.64. The van der Waals surface area contributed by atoms with Crippen LogP contribution in [0.2, 0.25) is 0 Å². The van der Waals surface area contributed by atoms with Crippen LogP contribution in [0.1, 0.15) is 11.1 Å². The fourth-order valence-electron chi connectivity index (χ4n) is 7.56. The molecule has 2 heterocycles. The molecule has 0 aliphatic carbocycles. The van der Waals surface area contributed by atoms with Gasteiger partial charge in [-0.15, -0.1) is 0 Å². The normalized spacial score (nSPS) is 11.1. The van der Waals surface area contributed by atoms with Gasteiger partial charge in [-0.3, -0.25) is 0 Å². The first-order chi connectivity index (χ1) is 24.7. The van der Waals surface area contributed by atoms with Crippen molar-refractivity contribution >= 4 is 49.3 Å². The van der Waals surface area contributed by atoms with E-state index >= 15 is 0 Å². The molecule has 0 saturated heterocycles. The highest BCUT2D eigenvalue weighted by Gasteiger charge is 2.22. The predicted octanol–water partition coefficient (Wildman–Crippen LogP) is 11.5. The summed E-state index contributed by atoms with van der Waals surface area (Å²) in [6, 6.07) is 55.6. The second-order valence-corrected chi connectivity index (χ2v) is 12.2. The zero-order chi connectivity index (χ0) is 33.8. The van der Waals surface area contributed by atoms with Gasteiger partial charge in [-0.2, -0.15) is 10.5 Å². The minimum atomic E-state index is 0.479. The van der Waals surface area contributed by atoms with E-state index in [1.54, 1.807) is 12.1 Å². The number of nitrogens with zero attached hydrogens (tertiary/aromatic N) is 5. The second kappa shape index (κ2) is 11.4. The van der Waals surface area contributed by atoms with E-state index in [4.69, 9.17) is 6.57 Å². The van der Waals surface area contributed by atoms with Crippen LogP contribution in [-0.4, -0.2) is 9.13 Å². The first kappa shape index (κ1) is 28.8. The predicted molar refractivity (Wildman–Crippen MR) is 202 cm³/mol. The summed E-state index contributed by atoms with van der Waals surface area (Å²) >= 11 is 0. The van der Waals surface area contributed by atoms with Crippen molar-refractivity contribution in [3.63, 3.8) is 0 Å². The molecule has 0 unspecified atom stereocenters. The molecule has 230 valence electrons. The van der Waals surface area contributed by atoms with E-state index in [1.807, 2.05) is 59.2 Å². The van der Waals surface area contributed by atoms with Gasteiger partial charge in [0.15, 0.2) is 0 Å². The number of fused-ring (bicyclic) bond motifs is 6. The van der Waals surface area contributed by atoms with Gasteiger partial charge in [0.05, 0.1) is 57.2 Å². The number of aromatic nitrogens is 2. The van der Waals surface area contributed by atoms with E-state index in [1.165, 1.54) is 10.8 Å². The molecule has 0 aliphatic heterocycles. The molecule has 0 saturated carbocycles. The van der Waals surface area contributed by atoms with Gasteiger partial charge in [-0.25, -0.2) is 4.85 Å². The molecule has 50 heavy (non-hydrogen) atoms. The lowest BCUT2D eigenvalue weighted by Crippen LogP contribution is -2.01. The van der Waals surface area contributed by atoms with Crippen molar-refractivity contribution in [2.75, 3.05) is 0 Å². The van der Waals surface area contributed by atoms with Crippen LogP contribution < -0.4 is 0 Å². The van der Waals surface area contributed by atoms with Crippen molar-refractivity contribution in [3.8, 4) is 45.8 Å². The van der Waals surface area contributed by atoms with Gasteiger partial charge >= 0.3 is 0 Å². The van der Waals surface area contributed by atoms with E-state index in [-0.39, 0.29) is 0 Å². The Kier molecular flexibility index (Phi) is 6.56. The molecule has 0 N–H and O–H groups in total. The van der Waals surface area contributed by atoms with Crippen molar-refractivity contribution in [3.05, 3.63) is 174 Å². The number of nitriles is 2. The highest BCUT2D eigenvalue weighted by atomic mass is 15.0. The number of hydrogen-bond donors (Lipinski definition) is 0. The first-order valence-corrected chi connectivity index (χ1v) is 16.3. The largest absolute Gasteiger partial charge is 0.318 e. The lowest BCUT2D eigenvalue weighted by Gasteiger charge is -2.19. The first-order valence-electron chi connectivity index (χ1n) is 16.3. The van der Waals surface area contributed by atoms with Crippen molar-refractivity contribution in [1.82, 2.24) is 9.13 Å². The Bertz CT molecular complexity index is 2920. The number of hydrogen-bond acceptors (Lipinski definition) is 2. The maximum atomic E-state index is 10.9. The van der Waals surface area contributed by atoms with E-state index in [0.29, 0.717) is 28.0 Å². The summed E-state index contributed by atoms with van der Waals surface area (Å²) in [4.78, 5) is 3.87. The van der Waals surface area contributed by atoms with Crippen LogP contribution in [-0.2, 0) is 0 Å². The molecule has 5 heteroatoms. The van der Waals surface area contributed by atoms with Crippen LogP contribution >= 0.6 is 0 Å². The average Bonchev–Trinajstić information content (AvgIpc) is 3.70. The molecule has 0 bridgehead atoms. The van der Waals surface area contributed by atoms with E-state index < -0.39 is 0 Å². The minimum Gasteiger partial charge on any atom is -0.318 e. The summed E-state index contributed by atoms with van der Waals surface area (Å²) in [5, 5.41) is 24.7. The number of rotatable bonds is 4. The quantitative estimate of drug-likeness (QED) is 0.181. The van der Waals surface area contributed by atoms with Crippen LogP contribution in [0, 0.1) is 29.2 Å². The lowest BCUT2D eigenvalue weighted by atomic mass is 9.90. The molecule has 0 aliphatic rings. The van der Waals surface area contributed by atoms with E-state index in [9.17, 15) is 10.5 Å². The molecule has 0 radical (unpaired) electrons. The Balaban J connectivity index is 1.32. The van der Waals surface area contributed by atoms with Crippen LogP contribution in [0.3, 0.4) is 0 Å². The number of para-hydroxylation sites is 4. The molecule has 2 aromatic heterocycles. The van der Waals surface area contributed by atoms with Gasteiger partial charge in [0.1, 0.15) is 6.07 Å². The van der Waals surface area contributed by atoms with Crippen LogP contribution in [0.15, 0.2) is 152 Å². The SMILES string of the molecule is [C-]#[N+]c1cccc2c3cc(C#N)ccc3n(-c3cccc(-c4ccccc4-c4ccccc4-n4c5ccccc5c5ccccc54)c3C#N)c12. The Morgan fingerprint density at radius 2 is 1.02 bits per heavy atom. The van der Waals surface area contributed by atoms with E-state index in [0.717, 1.165) is 55.3 Å². The molecule has 5 nitrogen and oxygen atoms in total. The summed E-state index contributed by atoms with van der Waals surface area (Å²) in [5.41, 5.74) is 10.8. The molecular formula is C45H25N5. The van der Waals surface area contributed by atoms with Crippen molar-refractivity contribution < 1.29 is 0 Å². The van der Waals surface area contributed by atoms with Crippen molar-refractivity contribution in [2.45, 2.75) is 0 Å². The topological polar surface area (TPSA) is 61.8 Å². The molecule has 0 amide bonds. The van der Waals surface area contributed by atoms with Gasteiger partial charge in [0.25, 0.3) is 0 Å². The van der Waals surface area contributed by atoms with Crippen LogP contribution in [0.5, 0.6) is 0 Å². The Morgan fingerprint density at radius 3 is 1.72 bits per heavy atom. The number of benzene rings is 7.